The van der Waals surface area contributed by atoms with Crippen LogP contribution in [0, 0.1) is 10.1 Å². The van der Waals surface area contributed by atoms with Crippen molar-refractivity contribution in [1.29, 1.82) is 0 Å². The first kappa shape index (κ1) is 13.9. The van der Waals surface area contributed by atoms with E-state index in [1.54, 1.807) is 0 Å². The van der Waals surface area contributed by atoms with Gasteiger partial charge in [-0.3, -0.25) is 10.1 Å². The number of hydrogen-bond donors (Lipinski definition) is 0. The van der Waals surface area contributed by atoms with Gasteiger partial charge in [-0.05, 0) is 12.1 Å². The molecule has 0 spiro atoms. The Hall–Kier alpha value is -1.51. The fourth-order valence-electron chi connectivity index (χ4n) is 1.85. The summed E-state index contributed by atoms with van der Waals surface area (Å²) in [6.07, 6.45) is 0. The Kier molecular flexibility index (Phi) is 4.13. The molecule has 2 rings (SSSR count). The first-order chi connectivity index (χ1) is 9.00. The molecule has 8 heteroatoms. The lowest BCUT2D eigenvalue weighted by Crippen LogP contribution is -2.40. The Morgan fingerprint density at radius 1 is 1.21 bits per heavy atom. The van der Waals surface area contributed by atoms with Crippen LogP contribution in [-0.4, -0.2) is 43.9 Å². The van der Waals surface area contributed by atoms with E-state index in [1.807, 2.05) is 0 Å². The third-order valence-electron chi connectivity index (χ3n) is 2.84. The van der Waals surface area contributed by atoms with Gasteiger partial charge >= 0.3 is 0 Å². The largest absolute Gasteiger partial charge is 0.379 e. The number of nitro groups is 1. The maximum absolute atomic E-state index is 12.3. The molecule has 1 aliphatic heterocycles. The molecule has 0 N–H and O–H groups in total. The smallest absolute Gasteiger partial charge is 0.243 e. The topological polar surface area (TPSA) is 89.8 Å². The molecule has 0 bridgehead atoms. The molecule has 104 valence electrons. The zero-order chi connectivity index (χ0) is 13.9. The van der Waals surface area contributed by atoms with Gasteiger partial charge in [0.1, 0.15) is 0 Å². The van der Waals surface area contributed by atoms with Crippen LogP contribution in [-0.2, 0) is 21.3 Å². The SMILES string of the molecule is O=[N+]([O-])Cc1ccc(S(=O)(=O)N2CCOCC2)cc1. The minimum Gasteiger partial charge on any atom is -0.379 e. The standard InChI is InChI=1S/C11H14N2O5S/c14-13(15)9-10-1-3-11(4-2-10)19(16,17)12-5-7-18-8-6-12/h1-4H,5-9H2. The summed E-state index contributed by atoms with van der Waals surface area (Å²) in [7, 11) is -3.52. The molecule has 0 atom stereocenters. The van der Waals surface area contributed by atoms with E-state index in [2.05, 4.69) is 0 Å². The van der Waals surface area contributed by atoms with E-state index in [1.165, 1.54) is 28.6 Å². The highest BCUT2D eigenvalue weighted by Crippen LogP contribution is 2.17. The number of benzene rings is 1. The lowest BCUT2D eigenvalue weighted by molar-refractivity contribution is -0.496. The molecule has 1 fully saturated rings. The average Bonchev–Trinajstić information content (AvgIpc) is 2.40. The molecule has 0 aromatic heterocycles. The van der Waals surface area contributed by atoms with Crippen molar-refractivity contribution in [1.82, 2.24) is 4.31 Å². The van der Waals surface area contributed by atoms with Crippen molar-refractivity contribution in [2.24, 2.45) is 0 Å². The van der Waals surface area contributed by atoms with Crippen LogP contribution >= 0.6 is 0 Å². The molecule has 1 aromatic rings. The Morgan fingerprint density at radius 3 is 2.32 bits per heavy atom. The quantitative estimate of drug-likeness (QED) is 0.593. The maximum atomic E-state index is 12.3. The first-order valence-corrected chi connectivity index (χ1v) is 7.23. The van der Waals surface area contributed by atoms with Gasteiger partial charge in [-0.25, -0.2) is 8.42 Å². The Balaban J connectivity index is 2.18. The number of ether oxygens (including phenoxy) is 1. The van der Waals surface area contributed by atoms with Crippen LogP contribution in [0.2, 0.25) is 0 Å². The predicted molar refractivity (Wildman–Crippen MR) is 66.7 cm³/mol. The normalized spacial score (nSPS) is 17.3. The zero-order valence-corrected chi connectivity index (χ0v) is 11.0. The van der Waals surface area contributed by atoms with E-state index in [4.69, 9.17) is 4.74 Å². The summed E-state index contributed by atoms with van der Waals surface area (Å²) in [5.41, 5.74) is 0.478. The van der Waals surface area contributed by atoms with E-state index in [0.29, 0.717) is 31.9 Å². The highest BCUT2D eigenvalue weighted by molar-refractivity contribution is 7.89. The van der Waals surface area contributed by atoms with Gasteiger partial charge in [-0.1, -0.05) is 12.1 Å². The molecule has 0 saturated carbocycles. The molecule has 0 unspecified atom stereocenters. The number of nitrogens with zero attached hydrogens (tertiary/aromatic N) is 2. The van der Waals surface area contributed by atoms with Crippen LogP contribution < -0.4 is 0 Å². The van der Waals surface area contributed by atoms with Gasteiger partial charge in [0.2, 0.25) is 16.6 Å². The third kappa shape index (κ3) is 3.28. The van der Waals surface area contributed by atoms with Crippen LogP contribution in [0.15, 0.2) is 29.2 Å². The molecular formula is C11H14N2O5S. The first-order valence-electron chi connectivity index (χ1n) is 5.79. The molecular weight excluding hydrogens is 272 g/mol. The van der Waals surface area contributed by atoms with Gasteiger partial charge in [0.15, 0.2) is 0 Å². The summed E-state index contributed by atoms with van der Waals surface area (Å²) in [4.78, 5) is 10.1. The van der Waals surface area contributed by atoms with Crippen LogP contribution in [0.4, 0.5) is 0 Å². The van der Waals surface area contributed by atoms with Crippen molar-refractivity contribution in [3.63, 3.8) is 0 Å². The fraction of sp³-hybridized carbons (Fsp3) is 0.455. The van der Waals surface area contributed by atoms with Crippen LogP contribution in [0.3, 0.4) is 0 Å². The Bertz CT molecular complexity index is 549. The summed E-state index contributed by atoms with van der Waals surface area (Å²) >= 11 is 0. The molecule has 0 radical (unpaired) electrons. The van der Waals surface area contributed by atoms with E-state index in [-0.39, 0.29) is 11.4 Å². The van der Waals surface area contributed by atoms with Crippen molar-refractivity contribution in [2.45, 2.75) is 11.4 Å². The van der Waals surface area contributed by atoms with Crippen LogP contribution in [0.1, 0.15) is 5.56 Å². The summed E-state index contributed by atoms with van der Waals surface area (Å²) in [6.45, 7) is 1.13. The number of morpholine rings is 1. The second-order valence-corrected chi connectivity index (χ2v) is 6.09. The predicted octanol–water partition coefficient (Wildman–Crippen LogP) is 0.484. The van der Waals surface area contributed by atoms with Crippen molar-refractivity contribution in [3.05, 3.63) is 39.9 Å². The highest BCUT2D eigenvalue weighted by atomic mass is 32.2. The van der Waals surface area contributed by atoms with Crippen LogP contribution in [0.25, 0.3) is 0 Å². The van der Waals surface area contributed by atoms with E-state index in [0.717, 1.165) is 0 Å². The van der Waals surface area contributed by atoms with Crippen molar-refractivity contribution < 1.29 is 18.1 Å². The van der Waals surface area contributed by atoms with Gasteiger partial charge in [-0.2, -0.15) is 4.31 Å². The minimum atomic E-state index is -3.52. The number of sulfonamides is 1. The molecule has 7 nitrogen and oxygen atoms in total. The van der Waals surface area contributed by atoms with Crippen molar-refractivity contribution >= 4 is 10.0 Å². The molecule has 1 saturated heterocycles. The number of hydrogen-bond acceptors (Lipinski definition) is 5. The summed E-state index contributed by atoms with van der Waals surface area (Å²) in [6, 6.07) is 5.75. The Morgan fingerprint density at radius 2 is 1.79 bits per heavy atom. The maximum Gasteiger partial charge on any atom is 0.243 e. The molecule has 19 heavy (non-hydrogen) atoms. The zero-order valence-electron chi connectivity index (χ0n) is 10.2. The molecule has 1 aliphatic rings. The highest BCUT2D eigenvalue weighted by Gasteiger charge is 2.26. The van der Waals surface area contributed by atoms with E-state index >= 15 is 0 Å². The van der Waals surface area contributed by atoms with Gasteiger partial charge in [0.25, 0.3) is 0 Å². The molecule has 1 aromatic carbocycles. The second kappa shape index (κ2) is 5.64. The van der Waals surface area contributed by atoms with Gasteiger partial charge < -0.3 is 4.74 Å². The van der Waals surface area contributed by atoms with Crippen molar-refractivity contribution in [2.75, 3.05) is 26.3 Å². The monoisotopic (exact) mass is 286 g/mol. The van der Waals surface area contributed by atoms with E-state index < -0.39 is 14.9 Å². The molecule has 1 heterocycles. The summed E-state index contributed by atoms with van der Waals surface area (Å²) in [5.74, 6) is 0. The lowest BCUT2D eigenvalue weighted by Gasteiger charge is -2.26. The second-order valence-electron chi connectivity index (χ2n) is 4.15. The number of rotatable bonds is 4. The Labute approximate surface area is 111 Å². The summed E-state index contributed by atoms with van der Waals surface area (Å²) < 4.78 is 31.0. The summed E-state index contributed by atoms with van der Waals surface area (Å²) in [5, 5.41) is 10.4. The third-order valence-corrected chi connectivity index (χ3v) is 4.76. The fourth-order valence-corrected chi connectivity index (χ4v) is 3.26. The average molecular weight is 286 g/mol. The van der Waals surface area contributed by atoms with Gasteiger partial charge in [-0.15, -0.1) is 0 Å². The van der Waals surface area contributed by atoms with Crippen LogP contribution in [0.5, 0.6) is 0 Å². The van der Waals surface area contributed by atoms with Gasteiger partial charge in [0, 0.05) is 23.6 Å². The lowest BCUT2D eigenvalue weighted by atomic mass is 10.2. The molecule has 0 aliphatic carbocycles. The van der Waals surface area contributed by atoms with Crippen molar-refractivity contribution in [3.8, 4) is 0 Å². The molecule has 0 amide bonds. The van der Waals surface area contributed by atoms with E-state index in [9.17, 15) is 18.5 Å². The minimum absolute atomic E-state index is 0.154. The van der Waals surface area contributed by atoms with Gasteiger partial charge in [0.05, 0.1) is 18.1 Å².